The van der Waals surface area contributed by atoms with E-state index in [4.69, 9.17) is 9.97 Å². The normalized spacial score (nSPS) is 12.0. The van der Waals surface area contributed by atoms with Crippen LogP contribution >= 0.6 is 0 Å². The van der Waals surface area contributed by atoms with Crippen molar-refractivity contribution in [3.05, 3.63) is 117 Å². The van der Waals surface area contributed by atoms with Gasteiger partial charge in [-0.1, -0.05) is 35.4 Å². The Morgan fingerprint density at radius 1 is 0.442 bits per heavy atom. The molecule has 5 aromatic rings. The van der Waals surface area contributed by atoms with Gasteiger partial charge in [-0.15, -0.1) is 0 Å². The van der Waals surface area contributed by atoms with E-state index in [0.717, 1.165) is 56.0 Å². The van der Waals surface area contributed by atoms with Crippen LogP contribution in [0.3, 0.4) is 0 Å². The fourth-order valence-electron chi connectivity index (χ4n) is 6.75. The minimum Gasteiger partial charge on any atom is -0.355 e. The molecule has 2 aromatic carbocycles. The Bertz CT molecular complexity index is 1960. The molecule has 0 spiro atoms. The van der Waals surface area contributed by atoms with Crippen LogP contribution in [0, 0.1) is 41.5 Å². The minimum atomic E-state index is 0. The maximum absolute atomic E-state index is 5.13. The summed E-state index contributed by atoms with van der Waals surface area (Å²) in [6.07, 6.45) is 8.47. The molecule has 0 atom stereocenters. The molecule has 206 valence electrons. The molecule has 5 heteroatoms. The van der Waals surface area contributed by atoms with E-state index >= 15 is 0 Å². The van der Waals surface area contributed by atoms with E-state index in [1.165, 1.54) is 44.5 Å². The van der Waals surface area contributed by atoms with Crippen molar-refractivity contribution in [2.24, 2.45) is 0 Å². The fraction of sp³-hybridized carbons (Fsp3) is 0.158. The second-order valence-corrected chi connectivity index (χ2v) is 11.8. The van der Waals surface area contributed by atoms with Crippen LogP contribution in [0.4, 0.5) is 0 Å². The number of benzene rings is 2. The van der Waals surface area contributed by atoms with Crippen LogP contribution in [0.25, 0.3) is 68.6 Å². The molecule has 0 amide bonds. The number of nitrogens with zero attached hydrogens (tertiary/aromatic N) is 2. The molecular formula is C38H34N4Zn+2. The summed E-state index contributed by atoms with van der Waals surface area (Å²) in [6.45, 7) is 13.1. The Balaban J connectivity index is 0.00000329. The van der Waals surface area contributed by atoms with Crippen molar-refractivity contribution in [3.8, 4) is 22.3 Å². The third kappa shape index (κ3) is 5.23. The Kier molecular flexibility index (Phi) is 7.40. The Labute approximate surface area is 265 Å². The smallest absolute Gasteiger partial charge is 0.355 e. The van der Waals surface area contributed by atoms with Crippen LogP contribution < -0.4 is 0 Å². The fourth-order valence-corrected chi connectivity index (χ4v) is 6.75. The van der Waals surface area contributed by atoms with Crippen LogP contribution in [-0.4, -0.2) is 19.9 Å². The van der Waals surface area contributed by atoms with Gasteiger partial charge in [0.2, 0.25) is 0 Å². The molecule has 8 bridgehead atoms. The first-order valence-corrected chi connectivity index (χ1v) is 14.5. The first kappa shape index (κ1) is 28.8. The number of hydrogen-bond acceptors (Lipinski definition) is 2. The molecule has 0 radical (unpaired) electrons. The largest absolute Gasteiger partial charge is 2.00 e. The number of aromatic nitrogens is 4. The Hall–Kier alpha value is -4.34. The van der Waals surface area contributed by atoms with Crippen molar-refractivity contribution in [2.75, 3.05) is 0 Å². The van der Waals surface area contributed by atoms with E-state index in [1.54, 1.807) is 0 Å². The quantitative estimate of drug-likeness (QED) is 0.191. The third-order valence-electron chi connectivity index (χ3n) is 8.25. The molecule has 4 nitrogen and oxygen atoms in total. The van der Waals surface area contributed by atoms with Gasteiger partial charge in [0.25, 0.3) is 0 Å². The molecule has 0 saturated carbocycles. The zero-order chi connectivity index (χ0) is 29.1. The molecule has 2 aliphatic heterocycles. The number of H-pyrrole nitrogens is 2. The molecule has 0 fully saturated rings. The third-order valence-corrected chi connectivity index (χ3v) is 8.25. The summed E-state index contributed by atoms with van der Waals surface area (Å²) in [4.78, 5) is 17.6. The summed E-state index contributed by atoms with van der Waals surface area (Å²) in [5, 5.41) is 0. The monoisotopic (exact) mass is 610 g/mol. The van der Waals surface area contributed by atoms with Crippen molar-refractivity contribution < 1.29 is 19.5 Å². The second kappa shape index (κ2) is 11.1. The molecule has 5 heterocycles. The van der Waals surface area contributed by atoms with Crippen LogP contribution in [0.5, 0.6) is 0 Å². The van der Waals surface area contributed by atoms with Gasteiger partial charge in [-0.25, -0.2) is 9.97 Å². The van der Waals surface area contributed by atoms with Gasteiger partial charge in [0.05, 0.1) is 22.8 Å². The maximum Gasteiger partial charge on any atom is 2.00 e. The molecule has 0 unspecified atom stereocenters. The zero-order valence-electron chi connectivity index (χ0n) is 25.7. The molecule has 7 rings (SSSR count). The average Bonchev–Trinajstić information content (AvgIpc) is 3.73. The molecule has 43 heavy (non-hydrogen) atoms. The summed E-state index contributed by atoms with van der Waals surface area (Å²) in [5.41, 5.74) is 20.0. The van der Waals surface area contributed by atoms with E-state index < -0.39 is 0 Å². The number of nitrogens with one attached hydrogen (secondary N) is 2. The van der Waals surface area contributed by atoms with Gasteiger partial charge < -0.3 is 9.97 Å². The molecule has 3 aromatic heterocycles. The van der Waals surface area contributed by atoms with Gasteiger partial charge in [0.15, 0.2) is 0 Å². The molecule has 2 aliphatic rings. The van der Waals surface area contributed by atoms with Gasteiger partial charge in [-0.2, -0.15) is 0 Å². The van der Waals surface area contributed by atoms with E-state index in [-0.39, 0.29) is 19.5 Å². The second-order valence-electron chi connectivity index (χ2n) is 11.8. The summed E-state index contributed by atoms with van der Waals surface area (Å²) >= 11 is 0. The van der Waals surface area contributed by atoms with E-state index in [2.05, 4.69) is 136 Å². The molecule has 0 saturated heterocycles. The first-order chi connectivity index (χ1) is 20.2. The van der Waals surface area contributed by atoms with Crippen molar-refractivity contribution in [3.63, 3.8) is 0 Å². The van der Waals surface area contributed by atoms with E-state index in [0.29, 0.717) is 0 Å². The summed E-state index contributed by atoms with van der Waals surface area (Å²) in [7, 11) is 0. The van der Waals surface area contributed by atoms with E-state index in [1.807, 2.05) is 0 Å². The summed E-state index contributed by atoms with van der Waals surface area (Å²) < 4.78 is 0. The number of rotatable bonds is 2. The zero-order valence-corrected chi connectivity index (χ0v) is 28.7. The van der Waals surface area contributed by atoms with Crippen LogP contribution in [0.2, 0.25) is 0 Å². The number of hydrogen-bond donors (Lipinski definition) is 2. The Morgan fingerprint density at radius 3 is 1.19 bits per heavy atom. The molecule has 2 N–H and O–H groups in total. The van der Waals surface area contributed by atoms with Crippen molar-refractivity contribution in [1.82, 2.24) is 19.9 Å². The van der Waals surface area contributed by atoms with Crippen LogP contribution in [-0.2, 0) is 19.5 Å². The maximum atomic E-state index is 5.13. The van der Waals surface area contributed by atoms with Crippen molar-refractivity contribution >= 4 is 46.4 Å². The van der Waals surface area contributed by atoms with Crippen LogP contribution in [0.1, 0.15) is 56.2 Å². The standard InChI is InChI=1S/C38H34N4.Zn/c1-21-15-23(3)35(24(4)16-21)37-31-11-7-27(39-31)19-29-9-13-33(41-29)38(36-25(5)17-22(2)18-26(36)6)34-14-10-30(42-34)20-28-8-12-32(37)40-28;/h7-20,39,42H,1-6H3;/q;+2. The summed E-state index contributed by atoms with van der Waals surface area (Å²) in [6, 6.07) is 21.8. The number of aryl methyl sites for hydroxylation is 6. The van der Waals surface area contributed by atoms with Gasteiger partial charge in [-0.3, -0.25) is 0 Å². The average molecular weight is 612 g/mol. The van der Waals surface area contributed by atoms with E-state index in [9.17, 15) is 0 Å². The van der Waals surface area contributed by atoms with Crippen molar-refractivity contribution in [2.45, 2.75) is 41.5 Å². The number of aromatic amines is 2. The van der Waals surface area contributed by atoms with Gasteiger partial charge in [0.1, 0.15) is 0 Å². The first-order valence-electron chi connectivity index (χ1n) is 14.5. The molecular weight excluding hydrogens is 578 g/mol. The minimum absolute atomic E-state index is 0. The molecule has 0 aliphatic carbocycles. The van der Waals surface area contributed by atoms with Gasteiger partial charge >= 0.3 is 19.5 Å². The van der Waals surface area contributed by atoms with Gasteiger partial charge in [-0.05, 0) is 136 Å². The predicted octanol–water partition coefficient (Wildman–Crippen LogP) is 9.84. The van der Waals surface area contributed by atoms with Gasteiger partial charge in [0, 0.05) is 33.2 Å². The SMILES string of the molecule is Cc1cc(C)c(-c2c3nc(cc4ccc([nH]4)c(-c4c(C)cc(C)cc4C)c4nc(cc5ccc2[nH]5)C=C4)C=C3)c(C)c1.[Zn+2]. The Morgan fingerprint density at radius 2 is 0.814 bits per heavy atom. The predicted molar refractivity (Wildman–Crippen MR) is 178 cm³/mol. The summed E-state index contributed by atoms with van der Waals surface area (Å²) in [5.74, 6) is 0. The number of fused-ring (bicyclic) bond motifs is 8. The van der Waals surface area contributed by atoms with Crippen molar-refractivity contribution in [1.29, 1.82) is 0 Å². The topological polar surface area (TPSA) is 57.4 Å². The van der Waals surface area contributed by atoms with Crippen LogP contribution in [0.15, 0.2) is 60.7 Å².